The van der Waals surface area contributed by atoms with Gasteiger partial charge in [0.15, 0.2) is 5.65 Å². The number of nitrogens with zero attached hydrogens (tertiary/aromatic N) is 2. The third-order valence-corrected chi connectivity index (χ3v) is 4.22. The number of aromatic nitrogens is 3. The molecule has 0 radical (unpaired) electrons. The van der Waals surface area contributed by atoms with Gasteiger partial charge in [-0.3, -0.25) is 4.79 Å². The van der Waals surface area contributed by atoms with Crippen molar-refractivity contribution in [2.24, 2.45) is 0 Å². The van der Waals surface area contributed by atoms with Gasteiger partial charge >= 0.3 is 5.97 Å². The normalized spacial score (nSPS) is 15.5. The Balaban J connectivity index is 2.21. The van der Waals surface area contributed by atoms with Crippen molar-refractivity contribution in [1.82, 2.24) is 14.6 Å². The van der Waals surface area contributed by atoms with E-state index in [2.05, 4.69) is 10.1 Å². The molecule has 0 unspecified atom stereocenters. The second kappa shape index (κ2) is 5.47. The average Bonchev–Trinajstić information content (AvgIpc) is 3.07. The molecule has 3 rings (SSSR count). The van der Waals surface area contributed by atoms with Crippen LogP contribution in [0.25, 0.3) is 5.65 Å². The molecule has 0 saturated heterocycles. The summed E-state index contributed by atoms with van der Waals surface area (Å²) in [5, 5.41) is 14.7. The topological polar surface area (TPSA) is 96.7 Å². The highest BCUT2D eigenvalue weighted by Gasteiger charge is 2.28. The molecule has 2 aromatic rings. The molecule has 1 fully saturated rings. The number of rotatable bonds is 3. The number of esters is 1. The lowest BCUT2D eigenvalue weighted by molar-refractivity contribution is 0.0527. The van der Waals surface area contributed by atoms with Crippen LogP contribution >= 0.6 is 0 Å². The molecule has 0 atom stereocenters. The molecule has 0 spiro atoms. The number of aryl methyl sites for hydroxylation is 1. The Labute approximate surface area is 126 Å². The minimum atomic E-state index is -0.557. The lowest BCUT2D eigenvalue weighted by Gasteiger charge is -2.11. The fourth-order valence-corrected chi connectivity index (χ4v) is 3.22. The van der Waals surface area contributed by atoms with Crippen LogP contribution < -0.4 is 5.56 Å². The number of fused-ring (bicyclic) bond motifs is 1. The minimum Gasteiger partial charge on any atom is -0.493 e. The van der Waals surface area contributed by atoms with Gasteiger partial charge in [-0.1, -0.05) is 12.8 Å². The second-order valence-electron chi connectivity index (χ2n) is 5.61. The van der Waals surface area contributed by atoms with Crippen LogP contribution in [0.15, 0.2) is 4.79 Å². The number of hydrogen-bond acceptors (Lipinski definition) is 5. The largest absolute Gasteiger partial charge is 0.493 e. The van der Waals surface area contributed by atoms with Crippen LogP contribution in [0.5, 0.6) is 5.88 Å². The van der Waals surface area contributed by atoms with Crippen LogP contribution in [0.3, 0.4) is 0 Å². The van der Waals surface area contributed by atoms with E-state index in [1.54, 1.807) is 13.8 Å². The molecule has 1 aliphatic rings. The van der Waals surface area contributed by atoms with Crippen molar-refractivity contribution in [3.05, 3.63) is 27.2 Å². The summed E-state index contributed by atoms with van der Waals surface area (Å²) in [6.45, 7) is 3.58. The van der Waals surface area contributed by atoms with Crippen molar-refractivity contribution in [3.8, 4) is 5.88 Å². The number of H-pyrrole nitrogens is 1. The fraction of sp³-hybridized carbons (Fsp3) is 0.533. The predicted octanol–water partition coefficient (Wildman–Crippen LogP) is 1.87. The third-order valence-electron chi connectivity index (χ3n) is 4.22. The number of aromatic hydroxyl groups is 1. The molecule has 0 amide bonds. The number of hydrogen-bond donors (Lipinski definition) is 2. The van der Waals surface area contributed by atoms with Gasteiger partial charge in [0.1, 0.15) is 5.56 Å². The molecule has 2 N–H and O–H groups in total. The van der Waals surface area contributed by atoms with Gasteiger partial charge in [-0.05, 0) is 32.6 Å². The maximum atomic E-state index is 12.4. The van der Waals surface area contributed by atoms with Gasteiger partial charge in [-0.15, -0.1) is 0 Å². The van der Waals surface area contributed by atoms with Crippen molar-refractivity contribution >= 4 is 11.6 Å². The summed E-state index contributed by atoms with van der Waals surface area (Å²) < 4.78 is 6.22. The smallest absolute Gasteiger partial charge is 0.343 e. The molecule has 0 bridgehead atoms. The quantitative estimate of drug-likeness (QED) is 0.844. The molecule has 0 aliphatic heterocycles. The SMILES string of the molecule is CCOC(=O)c1c(C)nn2c(O)c(C3CCCC3)c(=O)[nH]c12. The molecule has 2 heterocycles. The van der Waals surface area contributed by atoms with Crippen molar-refractivity contribution in [3.63, 3.8) is 0 Å². The van der Waals surface area contributed by atoms with Crippen LogP contribution in [0.1, 0.15) is 60.1 Å². The van der Waals surface area contributed by atoms with Crippen LogP contribution in [0.4, 0.5) is 0 Å². The lowest BCUT2D eigenvalue weighted by atomic mass is 10.00. The van der Waals surface area contributed by atoms with Gasteiger partial charge in [0.05, 0.1) is 17.9 Å². The molecule has 7 nitrogen and oxygen atoms in total. The van der Waals surface area contributed by atoms with E-state index in [0.717, 1.165) is 25.7 Å². The highest BCUT2D eigenvalue weighted by atomic mass is 16.5. The first kappa shape index (κ1) is 14.6. The number of carbonyl (C=O) groups is 1. The van der Waals surface area contributed by atoms with E-state index in [9.17, 15) is 14.7 Å². The van der Waals surface area contributed by atoms with E-state index in [-0.39, 0.29) is 35.2 Å². The van der Waals surface area contributed by atoms with E-state index in [0.29, 0.717) is 11.3 Å². The maximum absolute atomic E-state index is 12.4. The summed E-state index contributed by atoms with van der Waals surface area (Å²) in [6, 6.07) is 0. The van der Waals surface area contributed by atoms with E-state index in [4.69, 9.17) is 4.74 Å². The number of ether oxygens (including phenoxy) is 1. The summed E-state index contributed by atoms with van der Waals surface area (Å²) in [4.78, 5) is 27.1. The highest BCUT2D eigenvalue weighted by molar-refractivity contribution is 5.97. The summed E-state index contributed by atoms with van der Waals surface area (Å²) >= 11 is 0. The Morgan fingerprint density at radius 2 is 2.14 bits per heavy atom. The van der Waals surface area contributed by atoms with Crippen molar-refractivity contribution in [2.45, 2.75) is 45.4 Å². The Kier molecular flexibility index (Phi) is 3.64. The first-order valence-electron chi connectivity index (χ1n) is 7.56. The molecular weight excluding hydrogens is 286 g/mol. The molecule has 22 heavy (non-hydrogen) atoms. The first-order valence-corrected chi connectivity index (χ1v) is 7.56. The van der Waals surface area contributed by atoms with E-state index < -0.39 is 5.97 Å². The van der Waals surface area contributed by atoms with Gasteiger partial charge < -0.3 is 14.8 Å². The van der Waals surface area contributed by atoms with Crippen molar-refractivity contribution < 1.29 is 14.6 Å². The van der Waals surface area contributed by atoms with E-state index >= 15 is 0 Å². The zero-order valence-electron chi connectivity index (χ0n) is 12.7. The maximum Gasteiger partial charge on any atom is 0.343 e. The first-order chi connectivity index (χ1) is 10.5. The molecule has 1 aliphatic carbocycles. The van der Waals surface area contributed by atoms with Crippen LogP contribution in [0.2, 0.25) is 0 Å². The number of aromatic amines is 1. The fourth-order valence-electron chi connectivity index (χ4n) is 3.22. The minimum absolute atomic E-state index is 0.0451. The Hall–Kier alpha value is -2.31. The molecule has 118 valence electrons. The van der Waals surface area contributed by atoms with Gasteiger partial charge in [-0.2, -0.15) is 9.61 Å². The molecule has 2 aromatic heterocycles. The molecule has 7 heteroatoms. The number of nitrogens with one attached hydrogen (secondary N) is 1. The Bertz CT molecular complexity index is 784. The number of carbonyl (C=O) groups excluding carboxylic acids is 1. The lowest BCUT2D eigenvalue weighted by Crippen LogP contribution is -2.19. The second-order valence-corrected chi connectivity index (χ2v) is 5.61. The average molecular weight is 305 g/mol. The zero-order valence-corrected chi connectivity index (χ0v) is 12.7. The Morgan fingerprint density at radius 3 is 2.77 bits per heavy atom. The van der Waals surface area contributed by atoms with Crippen molar-refractivity contribution in [1.29, 1.82) is 0 Å². The van der Waals surface area contributed by atoms with E-state index in [1.807, 2.05) is 0 Å². The van der Waals surface area contributed by atoms with Gasteiger partial charge in [0.2, 0.25) is 5.88 Å². The molecule has 1 saturated carbocycles. The zero-order chi connectivity index (χ0) is 15.9. The summed E-state index contributed by atoms with van der Waals surface area (Å²) in [5.41, 5.74) is 0.783. The predicted molar refractivity (Wildman–Crippen MR) is 79.4 cm³/mol. The van der Waals surface area contributed by atoms with Crippen LogP contribution in [-0.2, 0) is 4.74 Å². The van der Waals surface area contributed by atoms with Crippen LogP contribution in [0, 0.1) is 6.92 Å². The van der Waals surface area contributed by atoms with Crippen molar-refractivity contribution in [2.75, 3.05) is 6.61 Å². The van der Waals surface area contributed by atoms with Gasteiger partial charge in [0.25, 0.3) is 5.56 Å². The summed E-state index contributed by atoms with van der Waals surface area (Å²) in [7, 11) is 0. The summed E-state index contributed by atoms with van der Waals surface area (Å²) in [6.07, 6.45) is 3.86. The van der Waals surface area contributed by atoms with Gasteiger partial charge in [-0.25, -0.2) is 4.79 Å². The monoisotopic (exact) mass is 305 g/mol. The third kappa shape index (κ3) is 2.17. The standard InChI is InChI=1S/C15H19N3O4/c1-3-22-15(21)10-8(2)17-18-12(10)16-13(19)11(14(18)20)9-6-4-5-7-9/h9,20H,3-7H2,1-2H3,(H,16,19). The van der Waals surface area contributed by atoms with E-state index in [1.165, 1.54) is 4.52 Å². The van der Waals surface area contributed by atoms with Gasteiger partial charge in [0, 0.05) is 0 Å². The summed E-state index contributed by atoms with van der Waals surface area (Å²) in [5.74, 6) is -0.688. The van der Waals surface area contributed by atoms with Crippen LogP contribution in [-0.4, -0.2) is 32.3 Å². The molecule has 0 aromatic carbocycles. The molecular formula is C15H19N3O4. The highest BCUT2D eigenvalue weighted by Crippen LogP contribution is 2.36. The Morgan fingerprint density at radius 1 is 1.45 bits per heavy atom.